The summed E-state index contributed by atoms with van der Waals surface area (Å²) in [5, 5.41) is 0. The molecule has 0 spiro atoms. The van der Waals surface area contributed by atoms with E-state index < -0.39 is 0 Å². The van der Waals surface area contributed by atoms with Crippen molar-refractivity contribution in [2.24, 2.45) is 0 Å². The van der Waals surface area contributed by atoms with E-state index in [2.05, 4.69) is 9.97 Å². The maximum atomic E-state index is 13.2. The molecule has 0 aliphatic carbocycles. The Morgan fingerprint density at radius 3 is 1.51 bits per heavy atom. The quantitative estimate of drug-likeness (QED) is 0.298. The monoisotopic (exact) mass is 457 g/mol. The minimum atomic E-state index is -0.385. The molecule has 2 aromatic heterocycles. The van der Waals surface area contributed by atoms with Gasteiger partial charge in [0.1, 0.15) is 11.0 Å². The summed E-state index contributed by atoms with van der Waals surface area (Å²) in [6, 6.07) is 27.0. The highest BCUT2D eigenvalue weighted by Crippen LogP contribution is 2.36. The fourth-order valence-electron chi connectivity index (χ4n) is 4.40. The van der Waals surface area contributed by atoms with E-state index in [0.29, 0.717) is 61.9 Å². The SMILES string of the molecule is O=C1c2ccccc2C(=O)N1c1cc(-c2nc3ccccc3o2)cc(-c2nc3ccccc3o2)c1. The van der Waals surface area contributed by atoms with Crippen molar-refractivity contribution in [1.82, 2.24) is 9.97 Å². The van der Waals surface area contributed by atoms with Crippen molar-refractivity contribution >= 4 is 39.7 Å². The fourth-order valence-corrected chi connectivity index (χ4v) is 4.40. The van der Waals surface area contributed by atoms with Crippen molar-refractivity contribution in [3.8, 4) is 22.9 Å². The molecule has 4 aromatic carbocycles. The van der Waals surface area contributed by atoms with Gasteiger partial charge in [0.2, 0.25) is 11.8 Å². The molecule has 0 bridgehead atoms. The van der Waals surface area contributed by atoms with Crippen LogP contribution in [0.25, 0.3) is 45.1 Å². The summed E-state index contributed by atoms with van der Waals surface area (Å²) in [5.41, 5.74) is 4.98. The molecule has 0 N–H and O–H groups in total. The smallest absolute Gasteiger partial charge is 0.266 e. The number of benzene rings is 4. The van der Waals surface area contributed by atoms with E-state index in [-0.39, 0.29) is 11.8 Å². The predicted molar refractivity (Wildman–Crippen MR) is 130 cm³/mol. The Bertz CT molecular complexity index is 1620. The number of carbonyl (C=O) groups excluding carboxylic acids is 2. The van der Waals surface area contributed by atoms with Gasteiger partial charge in [-0.25, -0.2) is 14.9 Å². The van der Waals surface area contributed by atoms with Crippen LogP contribution in [0, 0.1) is 0 Å². The van der Waals surface area contributed by atoms with Gasteiger partial charge in [-0.05, 0) is 54.6 Å². The third-order valence-corrected chi connectivity index (χ3v) is 6.05. The summed E-state index contributed by atoms with van der Waals surface area (Å²) in [6.45, 7) is 0. The number of rotatable bonds is 3. The van der Waals surface area contributed by atoms with Gasteiger partial charge in [-0.3, -0.25) is 9.59 Å². The van der Waals surface area contributed by atoms with Gasteiger partial charge < -0.3 is 8.83 Å². The average Bonchev–Trinajstić information content (AvgIpc) is 3.58. The van der Waals surface area contributed by atoms with Gasteiger partial charge in [-0.1, -0.05) is 36.4 Å². The molecule has 3 heterocycles. The first-order valence-electron chi connectivity index (χ1n) is 11.0. The van der Waals surface area contributed by atoms with Crippen LogP contribution in [0.5, 0.6) is 0 Å². The summed E-state index contributed by atoms with van der Waals surface area (Å²) in [5.74, 6) is -0.0447. The number of hydrogen-bond acceptors (Lipinski definition) is 6. The highest BCUT2D eigenvalue weighted by molar-refractivity contribution is 6.34. The molecule has 7 rings (SSSR count). The Labute approximate surface area is 198 Å². The van der Waals surface area contributed by atoms with Gasteiger partial charge in [-0.2, -0.15) is 0 Å². The molecule has 7 nitrogen and oxygen atoms in total. The molecule has 166 valence electrons. The van der Waals surface area contributed by atoms with Crippen LogP contribution in [0.15, 0.2) is 99.8 Å². The standard InChI is InChI=1S/C28H15N3O4/c32-27-19-7-1-2-8-20(19)28(33)31(27)18-14-16(25-29-21-9-3-5-11-23(21)34-25)13-17(15-18)26-30-22-10-4-6-12-24(22)35-26/h1-15H. The second-order valence-electron chi connectivity index (χ2n) is 8.23. The number of nitrogens with zero attached hydrogens (tertiary/aromatic N) is 3. The van der Waals surface area contributed by atoms with E-state index in [0.717, 1.165) is 0 Å². The molecule has 0 saturated carbocycles. The molecule has 35 heavy (non-hydrogen) atoms. The Balaban J connectivity index is 1.44. The number of amides is 2. The van der Waals surface area contributed by atoms with Gasteiger partial charge in [0.15, 0.2) is 11.2 Å². The van der Waals surface area contributed by atoms with E-state index in [1.165, 1.54) is 4.90 Å². The van der Waals surface area contributed by atoms with E-state index in [1.807, 2.05) is 54.6 Å². The lowest BCUT2D eigenvalue weighted by Crippen LogP contribution is -2.29. The maximum absolute atomic E-state index is 13.2. The number of hydrogen-bond donors (Lipinski definition) is 0. The number of oxazole rings is 2. The van der Waals surface area contributed by atoms with Crippen molar-refractivity contribution in [3.05, 3.63) is 102 Å². The fraction of sp³-hybridized carbons (Fsp3) is 0. The van der Waals surface area contributed by atoms with Crippen molar-refractivity contribution in [2.45, 2.75) is 0 Å². The third-order valence-electron chi connectivity index (χ3n) is 6.05. The van der Waals surface area contributed by atoms with Gasteiger partial charge in [-0.15, -0.1) is 0 Å². The molecular weight excluding hydrogens is 442 g/mol. The van der Waals surface area contributed by atoms with Crippen LogP contribution in [-0.2, 0) is 0 Å². The predicted octanol–water partition coefficient (Wildman–Crippen LogP) is 6.10. The van der Waals surface area contributed by atoms with Crippen molar-refractivity contribution in [2.75, 3.05) is 4.90 Å². The molecule has 0 unspecified atom stereocenters. The minimum absolute atomic E-state index is 0.363. The summed E-state index contributed by atoms with van der Waals surface area (Å²) < 4.78 is 12.0. The summed E-state index contributed by atoms with van der Waals surface area (Å²) >= 11 is 0. The van der Waals surface area contributed by atoms with Crippen LogP contribution >= 0.6 is 0 Å². The summed E-state index contributed by atoms with van der Waals surface area (Å²) in [4.78, 5) is 36.8. The lowest BCUT2D eigenvalue weighted by molar-refractivity contribution is 0.0926. The molecular formula is C28H15N3O4. The highest BCUT2D eigenvalue weighted by Gasteiger charge is 2.37. The molecule has 6 aromatic rings. The Kier molecular flexibility index (Phi) is 4.01. The average molecular weight is 457 g/mol. The maximum Gasteiger partial charge on any atom is 0.266 e. The van der Waals surface area contributed by atoms with E-state index in [1.54, 1.807) is 36.4 Å². The Hall–Kier alpha value is -5.04. The number of anilines is 1. The molecule has 7 heteroatoms. The summed E-state index contributed by atoms with van der Waals surface area (Å²) in [7, 11) is 0. The topological polar surface area (TPSA) is 89.4 Å². The molecule has 1 aliphatic rings. The molecule has 0 saturated heterocycles. The first kappa shape index (κ1) is 19.4. The first-order valence-corrected chi connectivity index (χ1v) is 11.0. The van der Waals surface area contributed by atoms with Crippen molar-refractivity contribution in [1.29, 1.82) is 0 Å². The molecule has 1 aliphatic heterocycles. The zero-order valence-corrected chi connectivity index (χ0v) is 18.1. The number of imide groups is 1. The molecule has 0 radical (unpaired) electrons. The number of fused-ring (bicyclic) bond motifs is 3. The van der Waals surface area contributed by atoms with Crippen LogP contribution in [0.4, 0.5) is 5.69 Å². The highest BCUT2D eigenvalue weighted by atomic mass is 16.4. The summed E-state index contributed by atoms with van der Waals surface area (Å²) in [6.07, 6.45) is 0. The van der Waals surface area contributed by atoms with Crippen molar-refractivity contribution < 1.29 is 18.4 Å². The number of para-hydroxylation sites is 4. The van der Waals surface area contributed by atoms with E-state index in [4.69, 9.17) is 8.83 Å². The molecule has 0 atom stereocenters. The van der Waals surface area contributed by atoms with Crippen molar-refractivity contribution in [3.63, 3.8) is 0 Å². The van der Waals surface area contributed by atoms with Crippen LogP contribution in [0.1, 0.15) is 20.7 Å². The van der Waals surface area contributed by atoms with Crippen LogP contribution in [0.3, 0.4) is 0 Å². The number of aromatic nitrogens is 2. The zero-order valence-electron chi connectivity index (χ0n) is 18.1. The third kappa shape index (κ3) is 2.99. The minimum Gasteiger partial charge on any atom is -0.436 e. The van der Waals surface area contributed by atoms with Crippen LogP contribution in [-0.4, -0.2) is 21.8 Å². The molecule has 2 amide bonds. The second kappa shape index (κ2) is 7.23. The lowest BCUT2D eigenvalue weighted by atomic mass is 10.1. The zero-order chi connectivity index (χ0) is 23.5. The normalized spacial score (nSPS) is 13.2. The van der Waals surface area contributed by atoms with Gasteiger partial charge >= 0.3 is 0 Å². The van der Waals surface area contributed by atoms with Crippen LogP contribution < -0.4 is 4.90 Å². The largest absolute Gasteiger partial charge is 0.436 e. The van der Waals surface area contributed by atoms with Crippen LogP contribution in [0.2, 0.25) is 0 Å². The first-order chi connectivity index (χ1) is 17.2. The van der Waals surface area contributed by atoms with E-state index >= 15 is 0 Å². The van der Waals surface area contributed by atoms with Gasteiger partial charge in [0, 0.05) is 11.1 Å². The molecule has 0 fully saturated rings. The van der Waals surface area contributed by atoms with Gasteiger partial charge in [0.05, 0.1) is 16.8 Å². The van der Waals surface area contributed by atoms with Gasteiger partial charge in [0.25, 0.3) is 11.8 Å². The Morgan fingerprint density at radius 2 is 1.03 bits per heavy atom. The Morgan fingerprint density at radius 1 is 0.571 bits per heavy atom. The second-order valence-corrected chi connectivity index (χ2v) is 8.23. The number of carbonyl (C=O) groups is 2. The lowest BCUT2D eigenvalue weighted by Gasteiger charge is -2.16. The van der Waals surface area contributed by atoms with E-state index in [9.17, 15) is 9.59 Å².